The molecule has 0 saturated carbocycles. The first-order valence-electron chi connectivity index (χ1n) is 8.52. The number of aromatic nitrogens is 1. The Hall–Kier alpha value is -3.02. The van der Waals surface area contributed by atoms with Crippen LogP contribution < -0.4 is 14.2 Å². The molecule has 2 aromatic rings. The summed E-state index contributed by atoms with van der Waals surface area (Å²) < 4.78 is 21.5. The first kappa shape index (κ1) is 24.0. The van der Waals surface area contributed by atoms with Gasteiger partial charge in [-0.2, -0.15) is 0 Å². The highest BCUT2D eigenvalue weighted by Crippen LogP contribution is 2.42. The monoisotopic (exact) mass is 374 g/mol. The molecular weight excluding hydrogens is 344 g/mol. The van der Waals surface area contributed by atoms with Gasteiger partial charge < -0.3 is 18.7 Å². The van der Waals surface area contributed by atoms with Gasteiger partial charge in [0.2, 0.25) is 5.75 Å². The summed E-state index contributed by atoms with van der Waals surface area (Å²) in [5.41, 5.74) is 2.84. The smallest absolute Gasteiger partial charge is 0.203 e. The van der Waals surface area contributed by atoms with Gasteiger partial charge in [-0.25, -0.2) is 0 Å². The van der Waals surface area contributed by atoms with Gasteiger partial charge in [-0.15, -0.1) is 0 Å². The van der Waals surface area contributed by atoms with Gasteiger partial charge in [0.25, 0.3) is 0 Å². The zero-order valence-electron chi connectivity index (χ0n) is 17.3. The van der Waals surface area contributed by atoms with Gasteiger partial charge in [0.15, 0.2) is 17.3 Å². The minimum atomic E-state index is 0.549. The predicted octanol–water partition coefficient (Wildman–Crippen LogP) is 5.65. The normalized spacial score (nSPS) is 9.81. The molecule has 148 valence electrons. The lowest BCUT2D eigenvalue weighted by molar-refractivity contribution is 0.324. The molecule has 0 amide bonds. The van der Waals surface area contributed by atoms with E-state index < -0.39 is 0 Å². The molecule has 0 aliphatic carbocycles. The van der Waals surface area contributed by atoms with Crippen molar-refractivity contribution >= 4 is 12.3 Å². The predicted molar refractivity (Wildman–Crippen MR) is 112 cm³/mol. The van der Waals surface area contributed by atoms with Crippen LogP contribution in [-0.4, -0.2) is 33.2 Å². The first-order valence-corrected chi connectivity index (χ1v) is 8.52. The van der Waals surface area contributed by atoms with Crippen molar-refractivity contribution in [3.05, 3.63) is 42.7 Å². The molecule has 1 aromatic heterocycles. The molecule has 0 radical (unpaired) electrons. The van der Waals surface area contributed by atoms with Crippen molar-refractivity contribution < 1.29 is 18.7 Å². The van der Waals surface area contributed by atoms with Crippen LogP contribution in [-0.2, 0) is 0 Å². The molecule has 0 saturated heterocycles. The zero-order chi connectivity index (χ0) is 20.8. The molecule has 1 heterocycles. The van der Waals surface area contributed by atoms with E-state index in [9.17, 15) is 0 Å². The van der Waals surface area contributed by atoms with Crippen molar-refractivity contribution in [2.45, 2.75) is 27.7 Å². The minimum Gasteiger partial charge on any atom is -0.493 e. The third kappa shape index (κ3) is 6.33. The van der Waals surface area contributed by atoms with E-state index >= 15 is 0 Å². The molecule has 6 heteroatoms. The van der Waals surface area contributed by atoms with E-state index in [1.807, 2.05) is 45.9 Å². The van der Waals surface area contributed by atoms with Crippen LogP contribution in [0.25, 0.3) is 16.9 Å². The number of rotatable bonds is 6. The highest BCUT2D eigenvalue weighted by atomic mass is 16.5. The summed E-state index contributed by atoms with van der Waals surface area (Å²) in [6.07, 6.45) is 5.10. The number of methoxy groups -OCH3 is 3. The van der Waals surface area contributed by atoms with Gasteiger partial charge in [-0.3, -0.25) is 4.99 Å². The molecule has 0 N–H and O–H groups in total. The molecule has 0 aliphatic heterocycles. The van der Waals surface area contributed by atoms with E-state index in [1.54, 1.807) is 27.5 Å². The Morgan fingerprint density at radius 1 is 1.11 bits per heavy atom. The van der Waals surface area contributed by atoms with Gasteiger partial charge in [0.1, 0.15) is 0 Å². The van der Waals surface area contributed by atoms with Crippen LogP contribution in [0.15, 0.2) is 46.7 Å². The third-order valence-electron chi connectivity index (χ3n) is 3.48. The maximum atomic E-state index is 5.40. The van der Waals surface area contributed by atoms with Crippen LogP contribution in [0.3, 0.4) is 0 Å². The van der Waals surface area contributed by atoms with E-state index in [4.69, 9.17) is 18.7 Å². The van der Waals surface area contributed by atoms with E-state index in [2.05, 4.69) is 23.4 Å². The Kier molecular flexibility index (Phi) is 11.7. The topological polar surface area (TPSA) is 66.1 Å². The van der Waals surface area contributed by atoms with Crippen LogP contribution in [0.2, 0.25) is 0 Å². The number of nitrogens with zero attached hydrogens (tertiary/aromatic N) is 2. The molecule has 0 fully saturated rings. The van der Waals surface area contributed by atoms with Gasteiger partial charge in [0, 0.05) is 17.3 Å². The first-order chi connectivity index (χ1) is 13.1. The van der Waals surface area contributed by atoms with Crippen molar-refractivity contribution in [2.24, 2.45) is 4.99 Å². The molecular formula is C21H30N2O4. The van der Waals surface area contributed by atoms with Crippen molar-refractivity contribution in [1.82, 2.24) is 5.16 Å². The summed E-state index contributed by atoms with van der Waals surface area (Å²) in [6.45, 7) is 14.3. The minimum absolute atomic E-state index is 0.549. The number of allylic oxidation sites excluding steroid dienone is 2. The largest absolute Gasteiger partial charge is 0.493 e. The Balaban J connectivity index is 0.000000998. The van der Waals surface area contributed by atoms with Crippen LogP contribution in [0, 0.1) is 0 Å². The average Bonchev–Trinajstić information content (AvgIpc) is 3.23. The lowest BCUT2D eigenvalue weighted by Gasteiger charge is -2.13. The number of hydrogen-bond acceptors (Lipinski definition) is 6. The molecule has 0 aliphatic rings. The molecule has 0 spiro atoms. The van der Waals surface area contributed by atoms with Crippen LogP contribution in [0.1, 0.15) is 33.3 Å². The molecule has 6 nitrogen and oxygen atoms in total. The number of benzene rings is 1. The average molecular weight is 374 g/mol. The maximum Gasteiger partial charge on any atom is 0.203 e. The zero-order valence-corrected chi connectivity index (χ0v) is 17.3. The van der Waals surface area contributed by atoms with Gasteiger partial charge in [-0.05, 0) is 38.3 Å². The Morgan fingerprint density at radius 2 is 1.63 bits per heavy atom. The van der Waals surface area contributed by atoms with Crippen molar-refractivity contribution in [3.8, 4) is 28.6 Å². The Bertz CT molecular complexity index is 717. The second-order valence-electron chi connectivity index (χ2n) is 4.82. The number of hydrogen-bond donors (Lipinski definition) is 0. The summed E-state index contributed by atoms with van der Waals surface area (Å²) in [7, 11) is 4.74. The van der Waals surface area contributed by atoms with Gasteiger partial charge in [0.05, 0.1) is 27.5 Å². The molecule has 0 bridgehead atoms. The fourth-order valence-corrected chi connectivity index (χ4v) is 2.10. The van der Waals surface area contributed by atoms with Crippen molar-refractivity contribution in [1.29, 1.82) is 0 Å². The van der Waals surface area contributed by atoms with E-state index in [1.165, 1.54) is 6.20 Å². The molecule has 2 rings (SSSR count). The summed E-state index contributed by atoms with van der Waals surface area (Å²) in [5.74, 6) is 2.37. The van der Waals surface area contributed by atoms with Gasteiger partial charge in [-0.1, -0.05) is 31.7 Å². The van der Waals surface area contributed by atoms with E-state index in [0.717, 1.165) is 16.7 Å². The lowest BCUT2D eigenvalue weighted by atomic mass is 10.0. The summed E-state index contributed by atoms with van der Waals surface area (Å²) in [4.78, 5) is 3.25. The van der Waals surface area contributed by atoms with Gasteiger partial charge >= 0.3 is 0 Å². The fraction of sp³-hybridized carbons (Fsp3) is 0.333. The SMILES string of the molecule is C/C=C(\C)c1cnoc1-c1cc(OC)c(OC)c(OC)c1.C=CN=C.CC. The summed E-state index contributed by atoms with van der Waals surface area (Å²) in [6, 6.07) is 3.68. The molecule has 1 aromatic carbocycles. The summed E-state index contributed by atoms with van der Waals surface area (Å²) >= 11 is 0. The molecule has 27 heavy (non-hydrogen) atoms. The Morgan fingerprint density at radius 3 is 2.00 bits per heavy atom. The molecule has 0 unspecified atom stereocenters. The lowest BCUT2D eigenvalue weighted by Crippen LogP contribution is -1.96. The van der Waals surface area contributed by atoms with Crippen LogP contribution in [0.5, 0.6) is 17.2 Å². The maximum absolute atomic E-state index is 5.40. The third-order valence-corrected chi connectivity index (χ3v) is 3.48. The fourth-order valence-electron chi connectivity index (χ4n) is 2.10. The van der Waals surface area contributed by atoms with E-state index in [0.29, 0.717) is 23.0 Å². The van der Waals surface area contributed by atoms with Crippen molar-refractivity contribution in [2.75, 3.05) is 21.3 Å². The highest BCUT2D eigenvalue weighted by molar-refractivity contribution is 5.78. The number of aliphatic imine (C=N–C) groups is 1. The second kappa shape index (κ2) is 13.2. The Labute approximate surface area is 162 Å². The van der Waals surface area contributed by atoms with Crippen LogP contribution >= 0.6 is 0 Å². The van der Waals surface area contributed by atoms with E-state index in [-0.39, 0.29) is 0 Å². The molecule has 0 atom stereocenters. The van der Waals surface area contributed by atoms with Crippen LogP contribution in [0.4, 0.5) is 0 Å². The van der Waals surface area contributed by atoms with Crippen molar-refractivity contribution in [3.63, 3.8) is 0 Å². The second-order valence-corrected chi connectivity index (χ2v) is 4.82. The quantitative estimate of drug-likeness (QED) is 0.612. The highest BCUT2D eigenvalue weighted by Gasteiger charge is 2.18. The summed E-state index contributed by atoms with van der Waals surface area (Å²) in [5, 5.41) is 3.89. The standard InChI is InChI=1S/C16H19NO4.C3H5N.C2H6/c1-6-10(2)12-9-17-21-15(12)11-7-13(18-3)16(20-5)14(8-11)19-4;1-3-4-2;1-2/h6-9H,1-5H3;3H,1-2H2;1-2H3/b10-6+;;. The number of ether oxygens (including phenoxy) is 3.